The van der Waals surface area contributed by atoms with E-state index in [1.54, 1.807) is 7.11 Å². The molecule has 4 aromatic rings. The second-order valence-corrected chi connectivity index (χ2v) is 7.03. The topological polar surface area (TPSA) is 70.3 Å². The van der Waals surface area contributed by atoms with Crippen molar-refractivity contribution < 1.29 is 9.47 Å². The van der Waals surface area contributed by atoms with Gasteiger partial charge in [0, 0.05) is 11.1 Å². The molecule has 29 heavy (non-hydrogen) atoms. The first kappa shape index (κ1) is 19.0. The van der Waals surface area contributed by atoms with Gasteiger partial charge in [0.05, 0.1) is 23.6 Å². The molecular weight excluding hydrogens is 386 g/mol. The first-order valence-electron chi connectivity index (χ1n) is 9.13. The van der Waals surface area contributed by atoms with Crippen molar-refractivity contribution in [1.29, 1.82) is 0 Å². The van der Waals surface area contributed by atoms with E-state index in [0.29, 0.717) is 39.8 Å². The smallest absolute Gasteiger partial charge is 0.138 e. The van der Waals surface area contributed by atoms with Crippen molar-refractivity contribution in [1.82, 2.24) is 9.97 Å². The quantitative estimate of drug-likeness (QED) is 0.479. The normalized spacial score (nSPS) is 10.9. The number of nitrogens with two attached hydrogens (primary N) is 1. The lowest BCUT2D eigenvalue weighted by atomic mass is 9.96. The molecule has 0 fully saturated rings. The van der Waals surface area contributed by atoms with Crippen LogP contribution in [0.5, 0.6) is 11.5 Å². The number of ether oxygens (including phenoxy) is 2. The minimum absolute atomic E-state index is 0.349. The van der Waals surface area contributed by atoms with E-state index in [4.69, 9.17) is 26.8 Å². The highest BCUT2D eigenvalue weighted by Crippen LogP contribution is 2.44. The first-order valence-corrected chi connectivity index (χ1v) is 9.51. The Morgan fingerprint density at radius 3 is 2.55 bits per heavy atom. The summed E-state index contributed by atoms with van der Waals surface area (Å²) in [5.41, 5.74) is 10.5. The van der Waals surface area contributed by atoms with Crippen LogP contribution in [0.2, 0.25) is 5.02 Å². The van der Waals surface area contributed by atoms with Crippen LogP contribution < -0.4 is 15.2 Å². The molecule has 0 spiro atoms. The van der Waals surface area contributed by atoms with E-state index >= 15 is 0 Å². The van der Waals surface area contributed by atoms with Gasteiger partial charge in [0.15, 0.2) is 0 Å². The van der Waals surface area contributed by atoms with Crippen molar-refractivity contribution in [3.8, 4) is 22.6 Å². The van der Waals surface area contributed by atoms with Crippen LogP contribution in [-0.4, -0.2) is 17.1 Å². The number of aromatic nitrogens is 2. The molecule has 0 aliphatic heterocycles. The molecule has 1 aromatic heterocycles. The Hall–Kier alpha value is -3.31. The lowest BCUT2D eigenvalue weighted by Crippen LogP contribution is -2.02. The van der Waals surface area contributed by atoms with Gasteiger partial charge in [-0.25, -0.2) is 9.97 Å². The summed E-state index contributed by atoms with van der Waals surface area (Å²) in [5, 5.41) is 1.32. The summed E-state index contributed by atoms with van der Waals surface area (Å²) in [6, 6.07) is 17.6. The third kappa shape index (κ3) is 3.57. The summed E-state index contributed by atoms with van der Waals surface area (Å²) in [6.07, 6.45) is 1.45. The molecule has 0 saturated heterocycles. The van der Waals surface area contributed by atoms with E-state index in [1.165, 1.54) is 6.33 Å². The van der Waals surface area contributed by atoms with Crippen LogP contribution in [0.4, 0.5) is 5.82 Å². The molecule has 6 heteroatoms. The van der Waals surface area contributed by atoms with Gasteiger partial charge in [0.2, 0.25) is 0 Å². The van der Waals surface area contributed by atoms with E-state index in [9.17, 15) is 0 Å². The molecule has 0 amide bonds. The van der Waals surface area contributed by atoms with Gasteiger partial charge < -0.3 is 15.2 Å². The molecule has 0 aliphatic carbocycles. The average molecular weight is 406 g/mol. The third-order valence-electron chi connectivity index (χ3n) is 4.86. The molecule has 5 nitrogen and oxygen atoms in total. The zero-order valence-electron chi connectivity index (χ0n) is 16.1. The second kappa shape index (κ2) is 7.97. The van der Waals surface area contributed by atoms with Crippen molar-refractivity contribution in [2.75, 3.05) is 12.8 Å². The van der Waals surface area contributed by atoms with Gasteiger partial charge in [-0.05, 0) is 29.7 Å². The van der Waals surface area contributed by atoms with E-state index in [1.807, 2.05) is 61.5 Å². The SMILES string of the molecule is COc1cc(OCc2ccccc2)c(-c2cccc(Cl)c2C)c2ncnc(N)c12. The Morgan fingerprint density at radius 2 is 1.79 bits per heavy atom. The van der Waals surface area contributed by atoms with Crippen molar-refractivity contribution in [3.63, 3.8) is 0 Å². The maximum Gasteiger partial charge on any atom is 0.138 e. The Bertz CT molecular complexity index is 1180. The monoisotopic (exact) mass is 405 g/mol. The number of nitrogens with zero attached hydrogens (tertiary/aromatic N) is 2. The molecule has 0 unspecified atom stereocenters. The number of rotatable bonds is 5. The lowest BCUT2D eigenvalue weighted by Gasteiger charge is -2.18. The van der Waals surface area contributed by atoms with Gasteiger partial charge >= 0.3 is 0 Å². The highest BCUT2D eigenvalue weighted by molar-refractivity contribution is 6.31. The van der Waals surface area contributed by atoms with Gasteiger partial charge in [0.25, 0.3) is 0 Å². The molecular formula is C23H20ClN3O2. The van der Waals surface area contributed by atoms with Crippen LogP contribution >= 0.6 is 11.6 Å². The molecule has 146 valence electrons. The number of methoxy groups -OCH3 is 1. The van der Waals surface area contributed by atoms with Crippen molar-refractivity contribution in [2.24, 2.45) is 0 Å². The van der Waals surface area contributed by atoms with Gasteiger partial charge in [-0.15, -0.1) is 0 Å². The number of halogens is 1. The fourth-order valence-electron chi connectivity index (χ4n) is 3.36. The van der Waals surface area contributed by atoms with Crippen LogP contribution in [0, 0.1) is 6.92 Å². The highest BCUT2D eigenvalue weighted by atomic mass is 35.5. The van der Waals surface area contributed by atoms with Gasteiger partial charge in [-0.3, -0.25) is 0 Å². The third-order valence-corrected chi connectivity index (χ3v) is 5.27. The minimum Gasteiger partial charge on any atom is -0.496 e. The molecule has 0 bridgehead atoms. The lowest BCUT2D eigenvalue weighted by molar-refractivity contribution is 0.305. The number of nitrogen functional groups attached to an aromatic ring is 1. The number of anilines is 1. The Balaban J connectivity index is 1.97. The highest BCUT2D eigenvalue weighted by Gasteiger charge is 2.21. The predicted octanol–water partition coefficient (Wildman–Crippen LogP) is 5.43. The van der Waals surface area contributed by atoms with Gasteiger partial charge in [0.1, 0.15) is 30.3 Å². The zero-order chi connectivity index (χ0) is 20.4. The van der Waals surface area contributed by atoms with Crippen LogP contribution in [0.3, 0.4) is 0 Å². The molecule has 3 aromatic carbocycles. The molecule has 0 radical (unpaired) electrons. The van der Waals surface area contributed by atoms with E-state index in [-0.39, 0.29) is 0 Å². The Labute approximate surface area is 174 Å². The molecule has 0 atom stereocenters. The largest absolute Gasteiger partial charge is 0.496 e. The van der Waals surface area contributed by atoms with Gasteiger partial charge in [-0.2, -0.15) is 0 Å². The van der Waals surface area contributed by atoms with E-state index < -0.39 is 0 Å². The molecule has 0 saturated carbocycles. The van der Waals surface area contributed by atoms with Crippen molar-refractivity contribution in [2.45, 2.75) is 13.5 Å². The fourth-order valence-corrected chi connectivity index (χ4v) is 3.54. The van der Waals surface area contributed by atoms with Crippen LogP contribution in [-0.2, 0) is 6.61 Å². The van der Waals surface area contributed by atoms with Crippen molar-refractivity contribution >= 4 is 28.3 Å². The summed E-state index contributed by atoms with van der Waals surface area (Å²) < 4.78 is 11.8. The zero-order valence-corrected chi connectivity index (χ0v) is 16.9. The molecule has 2 N–H and O–H groups in total. The first-order chi connectivity index (χ1) is 14.1. The summed E-state index contributed by atoms with van der Waals surface area (Å²) in [4.78, 5) is 8.65. The predicted molar refractivity (Wildman–Crippen MR) is 116 cm³/mol. The minimum atomic E-state index is 0.349. The number of hydrogen-bond acceptors (Lipinski definition) is 5. The Morgan fingerprint density at radius 1 is 1.00 bits per heavy atom. The molecule has 4 rings (SSSR count). The maximum atomic E-state index is 6.41. The summed E-state index contributed by atoms with van der Waals surface area (Å²) in [7, 11) is 1.59. The second-order valence-electron chi connectivity index (χ2n) is 6.62. The number of hydrogen-bond donors (Lipinski definition) is 1. The summed E-state index contributed by atoms with van der Waals surface area (Å²) >= 11 is 6.41. The summed E-state index contributed by atoms with van der Waals surface area (Å²) in [5.74, 6) is 1.55. The van der Waals surface area contributed by atoms with Crippen LogP contribution in [0.1, 0.15) is 11.1 Å². The van der Waals surface area contributed by atoms with Crippen LogP contribution in [0.25, 0.3) is 22.0 Å². The maximum absolute atomic E-state index is 6.41. The average Bonchev–Trinajstić information content (AvgIpc) is 2.74. The fraction of sp³-hybridized carbons (Fsp3) is 0.130. The standard InChI is InChI=1S/C23H20ClN3O2/c1-14-16(9-6-10-17(14)24)20-19(29-12-15-7-4-3-5-8-15)11-18(28-2)21-22(20)26-13-27-23(21)25/h3-11,13H,12H2,1-2H3,(H2,25,26,27). The molecule has 1 heterocycles. The molecule has 0 aliphatic rings. The Kier molecular flexibility index (Phi) is 5.23. The van der Waals surface area contributed by atoms with Crippen LogP contribution in [0.15, 0.2) is 60.9 Å². The van der Waals surface area contributed by atoms with Crippen molar-refractivity contribution in [3.05, 3.63) is 77.1 Å². The van der Waals surface area contributed by atoms with E-state index in [2.05, 4.69) is 9.97 Å². The van der Waals surface area contributed by atoms with E-state index in [0.717, 1.165) is 22.3 Å². The number of benzene rings is 3. The summed E-state index contributed by atoms with van der Waals surface area (Å²) in [6.45, 7) is 2.38. The van der Waals surface area contributed by atoms with Gasteiger partial charge in [-0.1, -0.05) is 54.1 Å². The number of fused-ring (bicyclic) bond motifs is 1.